The lowest BCUT2D eigenvalue weighted by Gasteiger charge is -2.31. The molecular formula is C13H19N3O3. The SMILES string of the molecule is Cc1noc(C2CCN(C(=O)[C@@H]3CCCO3)CC2)n1. The Hall–Kier alpha value is -1.43. The molecule has 0 N–H and O–H groups in total. The molecule has 104 valence electrons. The summed E-state index contributed by atoms with van der Waals surface area (Å²) >= 11 is 0. The molecule has 1 aromatic heterocycles. The summed E-state index contributed by atoms with van der Waals surface area (Å²) in [5.74, 6) is 1.82. The average molecular weight is 265 g/mol. The van der Waals surface area contributed by atoms with Gasteiger partial charge in [-0.05, 0) is 32.6 Å². The monoisotopic (exact) mass is 265 g/mol. The highest BCUT2D eigenvalue weighted by molar-refractivity contribution is 5.81. The van der Waals surface area contributed by atoms with E-state index in [0.29, 0.717) is 18.3 Å². The number of piperidine rings is 1. The zero-order valence-corrected chi connectivity index (χ0v) is 11.2. The molecule has 1 aromatic rings. The Bertz CT molecular complexity index is 446. The molecule has 19 heavy (non-hydrogen) atoms. The van der Waals surface area contributed by atoms with E-state index in [4.69, 9.17) is 9.26 Å². The van der Waals surface area contributed by atoms with Crippen molar-refractivity contribution < 1.29 is 14.1 Å². The molecule has 2 aliphatic heterocycles. The summed E-state index contributed by atoms with van der Waals surface area (Å²) < 4.78 is 10.7. The van der Waals surface area contributed by atoms with Crippen molar-refractivity contribution in [1.29, 1.82) is 0 Å². The van der Waals surface area contributed by atoms with Gasteiger partial charge in [0.2, 0.25) is 5.89 Å². The third-order valence-electron chi connectivity index (χ3n) is 3.90. The van der Waals surface area contributed by atoms with E-state index in [1.165, 1.54) is 0 Å². The zero-order chi connectivity index (χ0) is 13.2. The van der Waals surface area contributed by atoms with Crippen LogP contribution >= 0.6 is 0 Å². The minimum absolute atomic E-state index is 0.151. The lowest BCUT2D eigenvalue weighted by Crippen LogP contribution is -2.43. The standard InChI is InChI=1S/C13H19N3O3/c1-9-14-12(19-15-9)10-4-6-16(7-5-10)13(17)11-3-2-8-18-11/h10-11H,2-8H2,1H3/t11-/m0/s1. The number of hydrogen-bond acceptors (Lipinski definition) is 5. The maximum absolute atomic E-state index is 12.2. The summed E-state index contributed by atoms with van der Waals surface area (Å²) in [6.45, 7) is 4.05. The van der Waals surface area contributed by atoms with Crippen LogP contribution in [-0.4, -0.2) is 46.7 Å². The molecule has 2 aliphatic rings. The lowest BCUT2D eigenvalue weighted by molar-refractivity contribution is -0.142. The van der Waals surface area contributed by atoms with E-state index in [1.807, 2.05) is 11.8 Å². The average Bonchev–Trinajstić information content (AvgIpc) is 3.09. The molecule has 0 saturated carbocycles. The van der Waals surface area contributed by atoms with E-state index >= 15 is 0 Å². The number of rotatable bonds is 2. The molecule has 3 heterocycles. The highest BCUT2D eigenvalue weighted by Crippen LogP contribution is 2.27. The van der Waals surface area contributed by atoms with E-state index in [-0.39, 0.29) is 17.9 Å². The largest absolute Gasteiger partial charge is 0.368 e. The first kappa shape index (κ1) is 12.6. The van der Waals surface area contributed by atoms with Crippen LogP contribution in [0.5, 0.6) is 0 Å². The predicted molar refractivity (Wildman–Crippen MR) is 66.6 cm³/mol. The van der Waals surface area contributed by atoms with Gasteiger partial charge in [-0.25, -0.2) is 0 Å². The zero-order valence-electron chi connectivity index (χ0n) is 11.2. The molecule has 3 rings (SSSR count). The molecular weight excluding hydrogens is 246 g/mol. The highest BCUT2D eigenvalue weighted by Gasteiger charge is 2.32. The summed E-state index contributed by atoms with van der Waals surface area (Å²) in [4.78, 5) is 18.4. The fourth-order valence-electron chi connectivity index (χ4n) is 2.80. The van der Waals surface area contributed by atoms with Crippen molar-refractivity contribution in [2.75, 3.05) is 19.7 Å². The summed E-state index contributed by atoms with van der Waals surface area (Å²) in [6.07, 6.45) is 3.43. The van der Waals surface area contributed by atoms with Gasteiger partial charge in [-0.1, -0.05) is 5.16 Å². The van der Waals surface area contributed by atoms with E-state index in [9.17, 15) is 4.79 Å². The van der Waals surface area contributed by atoms with Crippen molar-refractivity contribution in [3.05, 3.63) is 11.7 Å². The van der Waals surface area contributed by atoms with E-state index in [2.05, 4.69) is 10.1 Å². The number of aryl methyl sites for hydroxylation is 1. The van der Waals surface area contributed by atoms with Gasteiger partial charge in [0.05, 0.1) is 0 Å². The van der Waals surface area contributed by atoms with Gasteiger partial charge in [-0.15, -0.1) is 0 Å². The van der Waals surface area contributed by atoms with Gasteiger partial charge in [-0.2, -0.15) is 4.98 Å². The van der Waals surface area contributed by atoms with Crippen LogP contribution in [-0.2, 0) is 9.53 Å². The first-order valence-corrected chi connectivity index (χ1v) is 6.94. The molecule has 1 atom stereocenters. The van der Waals surface area contributed by atoms with E-state index in [1.54, 1.807) is 0 Å². The molecule has 2 saturated heterocycles. The first-order chi connectivity index (χ1) is 9.24. The minimum Gasteiger partial charge on any atom is -0.368 e. The number of likely N-dealkylation sites (tertiary alicyclic amines) is 1. The van der Waals surface area contributed by atoms with Crippen LogP contribution in [0.3, 0.4) is 0 Å². The molecule has 2 fully saturated rings. The molecule has 0 unspecified atom stereocenters. The Balaban J connectivity index is 1.55. The van der Waals surface area contributed by atoms with Gasteiger partial charge < -0.3 is 14.2 Å². The molecule has 6 heteroatoms. The number of hydrogen-bond donors (Lipinski definition) is 0. The number of amides is 1. The van der Waals surface area contributed by atoms with Gasteiger partial charge in [0, 0.05) is 25.6 Å². The minimum atomic E-state index is -0.206. The topological polar surface area (TPSA) is 68.5 Å². The normalized spacial score (nSPS) is 24.9. The predicted octanol–water partition coefficient (Wildman–Crippen LogP) is 1.26. The van der Waals surface area contributed by atoms with E-state index in [0.717, 1.165) is 38.8 Å². The smallest absolute Gasteiger partial charge is 0.251 e. The van der Waals surface area contributed by atoms with Gasteiger partial charge in [0.1, 0.15) is 6.10 Å². The van der Waals surface area contributed by atoms with Crippen LogP contribution in [0.4, 0.5) is 0 Å². The second kappa shape index (κ2) is 5.28. The third kappa shape index (κ3) is 2.63. The van der Waals surface area contributed by atoms with Crippen molar-refractivity contribution in [2.45, 2.75) is 44.6 Å². The lowest BCUT2D eigenvalue weighted by atomic mass is 9.96. The second-order valence-electron chi connectivity index (χ2n) is 5.28. The number of aromatic nitrogens is 2. The third-order valence-corrected chi connectivity index (χ3v) is 3.90. The van der Waals surface area contributed by atoms with Crippen LogP contribution < -0.4 is 0 Å². The molecule has 0 aliphatic carbocycles. The van der Waals surface area contributed by atoms with Crippen molar-refractivity contribution in [1.82, 2.24) is 15.0 Å². The Morgan fingerprint density at radius 2 is 2.11 bits per heavy atom. The van der Waals surface area contributed by atoms with Crippen LogP contribution in [0.25, 0.3) is 0 Å². The van der Waals surface area contributed by atoms with Gasteiger partial charge in [0.15, 0.2) is 5.82 Å². The molecule has 0 radical (unpaired) electrons. The van der Waals surface area contributed by atoms with Crippen molar-refractivity contribution in [3.8, 4) is 0 Å². The van der Waals surface area contributed by atoms with Crippen LogP contribution in [0.2, 0.25) is 0 Å². The molecule has 1 amide bonds. The van der Waals surface area contributed by atoms with E-state index < -0.39 is 0 Å². The Labute approximate surface area is 112 Å². The van der Waals surface area contributed by atoms with Crippen LogP contribution in [0, 0.1) is 6.92 Å². The number of nitrogens with zero attached hydrogens (tertiary/aromatic N) is 3. The maximum atomic E-state index is 12.2. The van der Waals surface area contributed by atoms with Crippen molar-refractivity contribution in [2.24, 2.45) is 0 Å². The molecule has 6 nitrogen and oxygen atoms in total. The quantitative estimate of drug-likeness (QED) is 0.805. The number of carbonyl (C=O) groups excluding carboxylic acids is 1. The Morgan fingerprint density at radius 3 is 2.68 bits per heavy atom. The summed E-state index contributed by atoms with van der Waals surface area (Å²) in [7, 11) is 0. The van der Waals surface area contributed by atoms with Crippen LogP contribution in [0.15, 0.2) is 4.52 Å². The fraction of sp³-hybridized carbons (Fsp3) is 0.769. The molecule has 0 spiro atoms. The first-order valence-electron chi connectivity index (χ1n) is 6.94. The highest BCUT2D eigenvalue weighted by atomic mass is 16.5. The molecule has 0 aromatic carbocycles. The molecule has 0 bridgehead atoms. The van der Waals surface area contributed by atoms with Gasteiger partial charge in [0.25, 0.3) is 5.91 Å². The fourth-order valence-corrected chi connectivity index (χ4v) is 2.80. The Kier molecular flexibility index (Phi) is 3.50. The van der Waals surface area contributed by atoms with Crippen molar-refractivity contribution in [3.63, 3.8) is 0 Å². The Morgan fingerprint density at radius 1 is 1.32 bits per heavy atom. The summed E-state index contributed by atoms with van der Waals surface area (Å²) in [5, 5.41) is 3.82. The maximum Gasteiger partial charge on any atom is 0.251 e. The van der Waals surface area contributed by atoms with Gasteiger partial charge >= 0.3 is 0 Å². The summed E-state index contributed by atoms with van der Waals surface area (Å²) in [5.41, 5.74) is 0. The van der Waals surface area contributed by atoms with Gasteiger partial charge in [-0.3, -0.25) is 4.79 Å². The number of ether oxygens (including phenoxy) is 1. The van der Waals surface area contributed by atoms with Crippen molar-refractivity contribution >= 4 is 5.91 Å². The number of carbonyl (C=O) groups is 1. The van der Waals surface area contributed by atoms with Crippen LogP contribution in [0.1, 0.15) is 43.3 Å². The second-order valence-corrected chi connectivity index (χ2v) is 5.28. The summed E-state index contributed by atoms with van der Waals surface area (Å²) in [6, 6.07) is 0.